The first kappa shape index (κ1) is 6.99. The van der Waals surface area contributed by atoms with Gasteiger partial charge in [0, 0.05) is 0 Å². The third-order valence-corrected chi connectivity index (χ3v) is 1.26. The molecule has 2 atom stereocenters. The van der Waals surface area contributed by atoms with Crippen LogP contribution in [0.3, 0.4) is 0 Å². The summed E-state index contributed by atoms with van der Waals surface area (Å²) >= 11 is 0. The zero-order chi connectivity index (χ0) is 6.91. The normalized spacial score (nSPS) is 36.3. The highest BCUT2D eigenvalue weighted by Gasteiger charge is 2.41. The summed E-state index contributed by atoms with van der Waals surface area (Å²) in [5, 5.41) is 8.55. The zero-order valence-corrected chi connectivity index (χ0v) is 5.76. The summed E-state index contributed by atoms with van der Waals surface area (Å²) in [7, 11) is 0. The molecular weight excluding hydrogens is 120 g/mol. The summed E-state index contributed by atoms with van der Waals surface area (Å²) in [6, 6.07) is 0. The lowest BCUT2D eigenvalue weighted by Crippen LogP contribution is -2.22. The minimum atomic E-state index is -0.387. The molecule has 3 nitrogen and oxygen atoms in total. The molecule has 1 fully saturated rings. The second-order valence-electron chi connectivity index (χ2n) is 2.53. The van der Waals surface area contributed by atoms with Crippen molar-refractivity contribution < 1.29 is 14.6 Å². The standard InChI is InChI=1S/C6H12O3/c1-5(3-7)9-6(2)4-8-6/h5,7H,3-4H2,1-2H3. The molecule has 0 aromatic rings. The minimum absolute atomic E-state index is 0.0545. The van der Waals surface area contributed by atoms with E-state index in [1.165, 1.54) is 0 Å². The highest BCUT2D eigenvalue weighted by molar-refractivity contribution is 4.76. The van der Waals surface area contributed by atoms with E-state index in [1.54, 1.807) is 0 Å². The molecule has 0 bridgehead atoms. The van der Waals surface area contributed by atoms with Gasteiger partial charge >= 0.3 is 0 Å². The van der Waals surface area contributed by atoms with Crippen LogP contribution >= 0.6 is 0 Å². The Kier molecular flexibility index (Phi) is 1.75. The van der Waals surface area contributed by atoms with Crippen LogP contribution in [0, 0.1) is 0 Å². The quantitative estimate of drug-likeness (QED) is 0.555. The molecule has 1 aliphatic heterocycles. The van der Waals surface area contributed by atoms with Crippen LogP contribution in [0.25, 0.3) is 0 Å². The number of epoxide rings is 1. The lowest BCUT2D eigenvalue weighted by atomic mass is 10.4. The fourth-order valence-corrected chi connectivity index (χ4v) is 0.633. The molecule has 1 rings (SSSR count). The van der Waals surface area contributed by atoms with Crippen molar-refractivity contribution in [1.82, 2.24) is 0 Å². The maximum Gasteiger partial charge on any atom is 0.189 e. The van der Waals surface area contributed by atoms with Crippen LogP contribution in [-0.4, -0.2) is 30.2 Å². The maximum atomic E-state index is 8.55. The van der Waals surface area contributed by atoms with Crippen LogP contribution < -0.4 is 0 Å². The monoisotopic (exact) mass is 132 g/mol. The Morgan fingerprint density at radius 3 is 2.78 bits per heavy atom. The van der Waals surface area contributed by atoms with E-state index in [4.69, 9.17) is 14.6 Å². The van der Waals surface area contributed by atoms with Gasteiger partial charge in [0.05, 0.1) is 12.7 Å². The summed E-state index contributed by atoms with van der Waals surface area (Å²) in [5.41, 5.74) is 0. The van der Waals surface area contributed by atoms with Crippen LogP contribution in [0.2, 0.25) is 0 Å². The van der Waals surface area contributed by atoms with E-state index in [2.05, 4.69) is 0 Å². The summed E-state index contributed by atoms with van der Waals surface area (Å²) in [6.45, 7) is 4.38. The van der Waals surface area contributed by atoms with E-state index in [1.807, 2.05) is 13.8 Å². The van der Waals surface area contributed by atoms with Gasteiger partial charge < -0.3 is 14.6 Å². The molecule has 0 aliphatic carbocycles. The van der Waals surface area contributed by atoms with E-state index in [9.17, 15) is 0 Å². The number of hydrogen-bond acceptors (Lipinski definition) is 3. The van der Waals surface area contributed by atoms with Crippen molar-refractivity contribution in [2.24, 2.45) is 0 Å². The number of aliphatic hydroxyl groups excluding tert-OH is 1. The summed E-state index contributed by atoms with van der Waals surface area (Å²) in [6.07, 6.45) is -0.113. The van der Waals surface area contributed by atoms with Crippen molar-refractivity contribution in [3.05, 3.63) is 0 Å². The molecule has 1 saturated heterocycles. The predicted molar refractivity (Wildman–Crippen MR) is 32.0 cm³/mol. The van der Waals surface area contributed by atoms with Crippen LogP contribution in [0.5, 0.6) is 0 Å². The first-order valence-corrected chi connectivity index (χ1v) is 3.09. The third-order valence-electron chi connectivity index (χ3n) is 1.26. The van der Waals surface area contributed by atoms with Gasteiger partial charge in [-0.25, -0.2) is 0 Å². The van der Waals surface area contributed by atoms with Gasteiger partial charge in [0.15, 0.2) is 5.79 Å². The predicted octanol–water partition coefficient (Wildman–Crippen LogP) is 0.130. The molecule has 3 heteroatoms. The van der Waals surface area contributed by atoms with Crippen LogP contribution in [-0.2, 0) is 9.47 Å². The van der Waals surface area contributed by atoms with Gasteiger partial charge in [-0.05, 0) is 13.8 Å². The highest BCUT2D eigenvalue weighted by Crippen LogP contribution is 2.28. The van der Waals surface area contributed by atoms with E-state index < -0.39 is 0 Å². The van der Waals surface area contributed by atoms with Gasteiger partial charge in [0.25, 0.3) is 0 Å². The summed E-state index contributed by atoms with van der Waals surface area (Å²) in [4.78, 5) is 0. The Hall–Kier alpha value is -0.120. The molecule has 1 heterocycles. The molecule has 0 aromatic heterocycles. The maximum absolute atomic E-state index is 8.55. The molecule has 54 valence electrons. The minimum Gasteiger partial charge on any atom is -0.394 e. The Bertz CT molecular complexity index is 98.5. The Balaban J connectivity index is 2.17. The third kappa shape index (κ3) is 1.93. The lowest BCUT2D eigenvalue weighted by Gasteiger charge is -2.12. The largest absolute Gasteiger partial charge is 0.394 e. The Morgan fingerprint density at radius 1 is 1.89 bits per heavy atom. The second kappa shape index (κ2) is 2.25. The smallest absolute Gasteiger partial charge is 0.189 e. The van der Waals surface area contributed by atoms with E-state index in [0.717, 1.165) is 0 Å². The van der Waals surface area contributed by atoms with E-state index in [-0.39, 0.29) is 18.5 Å². The first-order chi connectivity index (χ1) is 4.16. The van der Waals surface area contributed by atoms with Crippen molar-refractivity contribution in [3.63, 3.8) is 0 Å². The zero-order valence-electron chi connectivity index (χ0n) is 5.76. The molecule has 0 aromatic carbocycles. The topological polar surface area (TPSA) is 42.0 Å². The Labute approximate surface area is 54.6 Å². The van der Waals surface area contributed by atoms with Gasteiger partial charge in [-0.15, -0.1) is 0 Å². The molecule has 0 spiro atoms. The molecule has 0 saturated carbocycles. The fourth-order valence-electron chi connectivity index (χ4n) is 0.633. The van der Waals surface area contributed by atoms with Gasteiger partial charge in [0.2, 0.25) is 0 Å². The number of ether oxygens (including phenoxy) is 2. The molecule has 2 unspecified atom stereocenters. The molecule has 9 heavy (non-hydrogen) atoms. The average Bonchev–Trinajstić information content (AvgIpc) is 2.48. The summed E-state index contributed by atoms with van der Waals surface area (Å²) in [5.74, 6) is -0.387. The van der Waals surface area contributed by atoms with Crippen molar-refractivity contribution >= 4 is 0 Å². The van der Waals surface area contributed by atoms with Gasteiger partial charge in [-0.1, -0.05) is 0 Å². The van der Waals surface area contributed by atoms with Crippen LogP contribution in [0.4, 0.5) is 0 Å². The highest BCUT2D eigenvalue weighted by atomic mass is 16.8. The number of rotatable bonds is 3. The van der Waals surface area contributed by atoms with E-state index >= 15 is 0 Å². The van der Waals surface area contributed by atoms with Crippen LogP contribution in [0.1, 0.15) is 13.8 Å². The number of aliphatic hydroxyl groups is 1. The lowest BCUT2D eigenvalue weighted by molar-refractivity contribution is -0.0877. The van der Waals surface area contributed by atoms with Crippen molar-refractivity contribution in [2.75, 3.05) is 13.2 Å². The first-order valence-electron chi connectivity index (χ1n) is 3.09. The molecule has 1 N–H and O–H groups in total. The summed E-state index contributed by atoms with van der Waals surface area (Å²) < 4.78 is 10.2. The van der Waals surface area contributed by atoms with Crippen LogP contribution in [0.15, 0.2) is 0 Å². The molecule has 1 aliphatic rings. The fraction of sp³-hybridized carbons (Fsp3) is 1.00. The Morgan fingerprint density at radius 2 is 2.44 bits per heavy atom. The van der Waals surface area contributed by atoms with E-state index in [0.29, 0.717) is 6.61 Å². The van der Waals surface area contributed by atoms with Gasteiger partial charge in [0.1, 0.15) is 6.61 Å². The van der Waals surface area contributed by atoms with Crippen molar-refractivity contribution in [3.8, 4) is 0 Å². The van der Waals surface area contributed by atoms with Crippen molar-refractivity contribution in [1.29, 1.82) is 0 Å². The second-order valence-corrected chi connectivity index (χ2v) is 2.53. The SMILES string of the molecule is CC(CO)OC1(C)CO1. The van der Waals surface area contributed by atoms with Gasteiger partial charge in [-0.3, -0.25) is 0 Å². The molecular formula is C6H12O3. The van der Waals surface area contributed by atoms with Gasteiger partial charge in [-0.2, -0.15) is 0 Å². The molecule has 0 radical (unpaired) electrons. The van der Waals surface area contributed by atoms with Crippen molar-refractivity contribution in [2.45, 2.75) is 25.7 Å². The average molecular weight is 132 g/mol. The number of hydrogen-bond donors (Lipinski definition) is 1. The molecule has 0 amide bonds.